The Hall–Kier alpha value is -1.26. The molecule has 0 aliphatic heterocycles. The van der Waals surface area contributed by atoms with Gasteiger partial charge in [0.05, 0.1) is 5.75 Å². The van der Waals surface area contributed by atoms with Gasteiger partial charge in [-0.3, -0.25) is 14.5 Å². The predicted molar refractivity (Wildman–Crippen MR) is 73.2 cm³/mol. The third kappa shape index (κ3) is 3.64. The average molecular weight is 372 g/mol. The van der Waals surface area contributed by atoms with E-state index in [0.29, 0.717) is 10.4 Å². The van der Waals surface area contributed by atoms with Crippen molar-refractivity contribution in [1.29, 1.82) is 0 Å². The number of halogens is 3. The highest BCUT2D eigenvalue weighted by Gasteiger charge is 2.28. The van der Waals surface area contributed by atoms with E-state index in [4.69, 9.17) is 5.84 Å². The maximum absolute atomic E-state index is 13.8. The van der Waals surface area contributed by atoms with Gasteiger partial charge in [0.25, 0.3) is 5.91 Å². The minimum atomic E-state index is -3.95. The SMILES string of the molecule is CCS(=O)(=O)N(CC(=O)NN)c1c(F)cc(F)cc1Br. The Morgan fingerprint density at radius 3 is 2.50 bits per heavy atom. The van der Waals surface area contributed by atoms with Crippen molar-refractivity contribution in [2.24, 2.45) is 5.84 Å². The second kappa shape index (κ2) is 6.46. The van der Waals surface area contributed by atoms with Crippen molar-refractivity contribution < 1.29 is 22.0 Å². The van der Waals surface area contributed by atoms with Crippen molar-refractivity contribution in [2.75, 3.05) is 16.6 Å². The molecule has 0 aromatic heterocycles. The third-order valence-electron chi connectivity index (χ3n) is 2.38. The molecule has 0 atom stereocenters. The Bertz CT molecular complexity index is 601. The fraction of sp³-hybridized carbons (Fsp3) is 0.300. The Kier molecular flexibility index (Phi) is 5.42. The zero-order valence-electron chi connectivity index (χ0n) is 10.4. The van der Waals surface area contributed by atoms with Crippen molar-refractivity contribution >= 4 is 37.5 Å². The highest BCUT2D eigenvalue weighted by Crippen LogP contribution is 2.32. The number of nitrogens with zero attached hydrogens (tertiary/aromatic N) is 1. The minimum Gasteiger partial charge on any atom is -0.293 e. The molecule has 1 aromatic rings. The van der Waals surface area contributed by atoms with Gasteiger partial charge in [0, 0.05) is 10.5 Å². The summed E-state index contributed by atoms with van der Waals surface area (Å²) in [5.41, 5.74) is 1.31. The molecule has 1 aromatic carbocycles. The molecule has 1 amide bonds. The Morgan fingerprint density at radius 2 is 2.05 bits per heavy atom. The molecule has 20 heavy (non-hydrogen) atoms. The lowest BCUT2D eigenvalue weighted by Gasteiger charge is -2.24. The van der Waals surface area contributed by atoms with Crippen LogP contribution in [0.25, 0.3) is 0 Å². The summed E-state index contributed by atoms with van der Waals surface area (Å²) < 4.78 is 51.2. The predicted octanol–water partition coefficient (Wildman–Crippen LogP) is 0.873. The number of carbonyl (C=O) groups is 1. The largest absolute Gasteiger partial charge is 0.293 e. The second-order valence-electron chi connectivity index (χ2n) is 3.69. The molecule has 1 rings (SSSR count). The van der Waals surface area contributed by atoms with E-state index in [1.165, 1.54) is 6.92 Å². The molecule has 0 unspecified atom stereocenters. The molecular weight excluding hydrogens is 360 g/mol. The number of rotatable bonds is 5. The van der Waals surface area contributed by atoms with Crippen LogP contribution >= 0.6 is 15.9 Å². The number of anilines is 1. The summed E-state index contributed by atoms with van der Waals surface area (Å²) in [5.74, 6) is 1.70. The topological polar surface area (TPSA) is 92.5 Å². The van der Waals surface area contributed by atoms with Gasteiger partial charge in [-0.2, -0.15) is 0 Å². The molecule has 10 heteroatoms. The fourth-order valence-corrected chi connectivity index (χ4v) is 3.25. The van der Waals surface area contributed by atoms with Crippen molar-refractivity contribution in [1.82, 2.24) is 5.43 Å². The number of sulfonamides is 1. The summed E-state index contributed by atoms with van der Waals surface area (Å²) in [7, 11) is -3.95. The lowest BCUT2D eigenvalue weighted by Crippen LogP contribution is -2.44. The molecule has 0 aliphatic rings. The van der Waals surface area contributed by atoms with Crippen LogP contribution in [-0.2, 0) is 14.8 Å². The van der Waals surface area contributed by atoms with Crippen LogP contribution in [0.4, 0.5) is 14.5 Å². The lowest BCUT2D eigenvalue weighted by atomic mass is 10.3. The van der Waals surface area contributed by atoms with Gasteiger partial charge in [0.15, 0.2) is 5.82 Å². The van der Waals surface area contributed by atoms with Crippen molar-refractivity contribution in [3.8, 4) is 0 Å². The molecule has 0 radical (unpaired) electrons. The van der Waals surface area contributed by atoms with Gasteiger partial charge in [0.1, 0.15) is 18.0 Å². The first-order valence-electron chi connectivity index (χ1n) is 5.37. The van der Waals surface area contributed by atoms with Gasteiger partial charge in [0.2, 0.25) is 10.0 Å². The van der Waals surface area contributed by atoms with Crippen LogP contribution in [0.5, 0.6) is 0 Å². The Labute approximate surface area is 123 Å². The third-order valence-corrected chi connectivity index (χ3v) is 4.70. The fourth-order valence-electron chi connectivity index (χ4n) is 1.42. The first-order valence-corrected chi connectivity index (χ1v) is 7.77. The van der Waals surface area contributed by atoms with Crippen LogP contribution in [0.3, 0.4) is 0 Å². The van der Waals surface area contributed by atoms with E-state index in [9.17, 15) is 22.0 Å². The average Bonchev–Trinajstić information content (AvgIpc) is 2.36. The van der Waals surface area contributed by atoms with Gasteiger partial charge in [-0.25, -0.2) is 23.0 Å². The number of hydrazine groups is 1. The van der Waals surface area contributed by atoms with Crippen LogP contribution < -0.4 is 15.6 Å². The highest BCUT2D eigenvalue weighted by molar-refractivity contribution is 9.10. The number of carbonyl (C=O) groups excluding carboxylic acids is 1. The van der Waals surface area contributed by atoms with Crippen LogP contribution in [0.2, 0.25) is 0 Å². The zero-order chi connectivity index (χ0) is 15.5. The number of nitrogens with one attached hydrogen (secondary N) is 1. The molecule has 3 N–H and O–H groups in total. The monoisotopic (exact) mass is 371 g/mol. The second-order valence-corrected chi connectivity index (χ2v) is 6.73. The highest BCUT2D eigenvalue weighted by atomic mass is 79.9. The lowest BCUT2D eigenvalue weighted by molar-refractivity contribution is -0.119. The normalized spacial score (nSPS) is 11.2. The van der Waals surface area contributed by atoms with Gasteiger partial charge < -0.3 is 0 Å². The summed E-state index contributed by atoms with van der Waals surface area (Å²) in [6, 6.07) is 1.43. The summed E-state index contributed by atoms with van der Waals surface area (Å²) in [6.07, 6.45) is 0. The number of amides is 1. The van der Waals surface area contributed by atoms with Crippen molar-refractivity contribution in [2.45, 2.75) is 6.92 Å². The first-order chi connectivity index (χ1) is 9.22. The molecular formula is C10H12BrF2N3O3S. The molecule has 0 saturated carbocycles. The molecule has 0 heterocycles. The van der Waals surface area contributed by atoms with Gasteiger partial charge >= 0.3 is 0 Å². The number of hydrogen-bond donors (Lipinski definition) is 2. The molecule has 0 aliphatic carbocycles. The molecule has 112 valence electrons. The van der Waals surface area contributed by atoms with E-state index in [-0.39, 0.29) is 10.2 Å². The molecule has 0 saturated heterocycles. The van der Waals surface area contributed by atoms with Crippen LogP contribution in [0.1, 0.15) is 6.92 Å². The van der Waals surface area contributed by atoms with Crippen LogP contribution in [-0.4, -0.2) is 26.6 Å². The van der Waals surface area contributed by atoms with E-state index in [2.05, 4.69) is 15.9 Å². The zero-order valence-corrected chi connectivity index (χ0v) is 12.8. The summed E-state index contributed by atoms with van der Waals surface area (Å²) >= 11 is 2.88. The van der Waals surface area contributed by atoms with E-state index < -0.39 is 39.8 Å². The molecule has 0 spiro atoms. The van der Waals surface area contributed by atoms with Gasteiger partial charge in [-0.15, -0.1) is 0 Å². The Morgan fingerprint density at radius 1 is 1.45 bits per heavy atom. The quantitative estimate of drug-likeness (QED) is 0.456. The minimum absolute atomic E-state index is 0.128. The van der Waals surface area contributed by atoms with Gasteiger partial charge in [-0.05, 0) is 28.9 Å². The van der Waals surface area contributed by atoms with E-state index in [1.54, 1.807) is 5.43 Å². The maximum atomic E-state index is 13.8. The van der Waals surface area contributed by atoms with Crippen LogP contribution in [0.15, 0.2) is 16.6 Å². The molecule has 6 nitrogen and oxygen atoms in total. The maximum Gasteiger partial charge on any atom is 0.254 e. The number of hydrogen-bond acceptors (Lipinski definition) is 4. The van der Waals surface area contributed by atoms with E-state index in [0.717, 1.165) is 6.07 Å². The standard InChI is InChI=1S/C10H12BrF2N3O3S/c1-2-20(18,19)16(5-9(17)15-14)10-7(11)3-6(12)4-8(10)13/h3-4H,2,5,14H2,1H3,(H,15,17). The van der Waals surface area contributed by atoms with Crippen molar-refractivity contribution in [3.63, 3.8) is 0 Å². The van der Waals surface area contributed by atoms with E-state index >= 15 is 0 Å². The number of benzene rings is 1. The molecule has 0 fully saturated rings. The van der Waals surface area contributed by atoms with Crippen LogP contribution in [0, 0.1) is 11.6 Å². The van der Waals surface area contributed by atoms with E-state index in [1.807, 2.05) is 0 Å². The van der Waals surface area contributed by atoms with Gasteiger partial charge in [-0.1, -0.05) is 0 Å². The summed E-state index contributed by atoms with van der Waals surface area (Å²) in [4.78, 5) is 11.3. The smallest absolute Gasteiger partial charge is 0.254 e. The Balaban J connectivity index is 3.42. The first kappa shape index (κ1) is 16.8. The summed E-state index contributed by atoms with van der Waals surface area (Å²) in [5, 5.41) is 0. The summed E-state index contributed by atoms with van der Waals surface area (Å²) in [6.45, 7) is 0.617. The van der Waals surface area contributed by atoms with Crippen molar-refractivity contribution in [3.05, 3.63) is 28.2 Å². The molecule has 0 bridgehead atoms. The number of nitrogens with two attached hydrogens (primary N) is 1.